The molecule has 1 fully saturated rings. The number of amides is 1. The molecule has 3 N–H and O–H groups in total. The van der Waals surface area contributed by atoms with E-state index in [1.54, 1.807) is 0 Å². The van der Waals surface area contributed by atoms with Crippen molar-refractivity contribution in [3.05, 3.63) is 114 Å². The molecule has 37 heavy (non-hydrogen) atoms. The van der Waals surface area contributed by atoms with Gasteiger partial charge in [0.25, 0.3) is 5.91 Å². The first kappa shape index (κ1) is 24.3. The number of carbonyl (C=O) groups is 1. The van der Waals surface area contributed by atoms with Crippen LogP contribution in [0.2, 0.25) is 0 Å². The lowest BCUT2D eigenvalue weighted by Gasteiger charge is -2.28. The second-order valence-electron chi connectivity index (χ2n) is 9.39. The van der Waals surface area contributed by atoms with E-state index in [0.717, 1.165) is 24.3 Å². The van der Waals surface area contributed by atoms with Crippen molar-refractivity contribution < 1.29 is 4.79 Å². The number of carbonyl (C=O) groups excluding carboxylic acids is 1. The zero-order chi connectivity index (χ0) is 25.5. The molecule has 0 aromatic heterocycles. The van der Waals surface area contributed by atoms with Crippen molar-refractivity contribution in [3.8, 4) is 11.1 Å². The van der Waals surface area contributed by atoms with Gasteiger partial charge in [-0.15, -0.1) is 0 Å². The molecule has 0 bridgehead atoms. The van der Waals surface area contributed by atoms with Crippen LogP contribution >= 0.6 is 0 Å². The minimum absolute atomic E-state index is 0.0670. The van der Waals surface area contributed by atoms with Gasteiger partial charge in [0, 0.05) is 42.3 Å². The summed E-state index contributed by atoms with van der Waals surface area (Å²) in [6.45, 7) is 2.76. The average molecular weight is 489 g/mol. The number of nitrogens with zero attached hydrogens (tertiary/aromatic N) is 1. The highest BCUT2D eigenvalue weighted by Gasteiger charge is 2.16. The Hall–Kier alpha value is -4.38. The van der Waals surface area contributed by atoms with Crippen molar-refractivity contribution in [1.82, 2.24) is 0 Å². The Balaban J connectivity index is 1.21. The van der Waals surface area contributed by atoms with Gasteiger partial charge in [0.15, 0.2) is 0 Å². The normalized spacial score (nSPS) is 13.1. The van der Waals surface area contributed by atoms with E-state index in [0.29, 0.717) is 17.8 Å². The van der Waals surface area contributed by atoms with Crippen molar-refractivity contribution in [2.45, 2.75) is 25.8 Å². The van der Waals surface area contributed by atoms with Gasteiger partial charge in [-0.2, -0.15) is 0 Å². The summed E-state index contributed by atoms with van der Waals surface area (Å²) in [4.78, 5) is 15.3. The van der Waals surface area contributed by atoms with Crippen molar-refractivity contribution in [2.24, 2.45) is 0 Å². The van der Waals surface area contributed by atoms with Crippen LogP contribution < -0.4 is 15.5 Å². The molecule has 186 valence electrons. The Morgan fingerprint density at radius 1 is 0.730 bits per heavy atom. The number of hydrogen-bond acceptors (Lipinski definition) is 4. The van der Waals surface area contributed by atoms with Gasteiger partial charge < -0.3 is 15.5 Å². The number of benzene rings is 4. The maximum atomic E-state index is 12.9. The van der Waals surface area contributed by atoms with E-state index in [4.69, 9.17) is 5.41 Å². The largest absolute Gasteiger partial charge is 0.380 e. The van der Waals surface area contributed by atoms with Crippen LogP contribution in [0.15, 0.2) is 103 Å². The Morgan fingerprint density at radius 3 is 2.11 bits per heavy atom. The van der Waals surface area contributed by atoms with Gasteiger partial charge in [-0.25, -0.2) is 0 Å². The van der Waals surface area contributed by atoms with Crippen LogP contribution in [0.25, 0.3) is 11.1 Å². The first-order valence-electron chi connectivity index (χ1n) is 12.9. The lowest BCUT2D eigenvalue weighted by molar-refractivity contribution is -0.110. The van der Waals surface area contributed by atoms with E-state index in [2.05, 4.69) is 51.9 Å². The Bertz CT molecular complexity index is 1340. The molecule has 5 heteroatoms. The van der Waals surface area contributed by atoms with Crippen LogP contribution in [0.5, 0.6) is 0 Å². The predicted octanol–water partition coefficient (Wildman–Crippen LogP) is 6.96. The van der Waals surface area contributed by atoms with Crippen LogP contribution in [-0.4, -0.2) is 24.7 Å². The van der Waals surface area contributed by atoms with Crippen LogP contribution in [0.4, 0.5) is 17.1 Å². The van der Waals surface area contributed by atoms with Gasteiger partial charge in [0.1, 0.15) is 5.71 Å². The fourth-order valence-corrected chi connectivity index (χ4v) is 4.72. The van der Waals surface area contributed by atoms with E-state index >= 15 is 0 Å². The number of anilines is 3. The van der Waals surface area contributed by atoms with Gasteiger partial charge in [-0.3, -0.25) is 10.2 Å². The van der Waals surface area contributed by atoms with Crippen molar-refractivity contribution in [3.63, 3.8) is 0 Å². The molecule has 4 aromatic carbocycles. The number of piperidine rings is 1. The van der Waals surface area contributed by atoms with E-state index in [1.807, 2.05) is 66.7 Å². The highest BCUT2D eigenvalue weighted by Crippen LogP contribution is 2.23. The summed E-state index contributed by atoms with van der Waals surface area (Å²) in [7, 11) is 0. The smallest absolute Gasteiger partial charge is 0.274 e. The molecule has 0 atom stereocenters. The summed E-state index contributed by atoms with van der Waals surface area (Å²) >= 11 is 0. The summed E-state index contributed by atoms with van der Waals surface area (Å²) < 4.78 is 0. The number of hydrogen-bond donors (Lipinski definition) is 3. The molecule has 0 saturated carbocycles. The summed E-state index contributed by atoms with van der Waals surface area (Å²) in [6.07, 6.45) is 3.74. The quantitative estimate of drug-likeness (QED) is 0.235. The van der Waals surface area contributed by atoms with Crippen LogP contribution in [0.3, 0.4) is 0 Å². The molecule has 5 rings (SSSR count). The Kier molecular flexibility index (Phi) is 7.60. The number of nitrogens with one attached hydrogen (secondary N) is 3. The standard InChI is InChI=1S/C32H32N4O/c33-31(32(37)35-27-17-19-28(20-18-27)36-21-7-2-8-22-36)29-11-5-6-12-30(29)34-23-24-13-15-26(16-14-24)25-9-3-1-4-10-25/h1,3-6,9-20,33-34H,2,7-8,21-23H2,(H,35,37). The van der Waals surface area contributed by atoms with E-state index in [1.165, 1.54) is 36.1 Å². The summed E-state index contributed by atoms with van der Waals surface area (Å²) in [6, 6.07) is 34.1. The van der Waals surface area contributed by atoms with Gasteiger partial charge in [0.05, 0.1) is 0 Å². The molecule has 0 radical (unpaired) electrons. The van der Waals surface area contributed by atoms with Crippen LogP contribution in [0, 0.1) is 5.41 Å². The van der Waals surface area contributed by atoms with E-state index in [-0.39, 0.29) is 5.71 Å². The molecule has 0 unspecified atom stereocenters. The van der Waals surface area contributed by atoms with Crippen LogP contribution in [-0.2, 0) is 11.3 Å². The molecule has 4 aromatic rings. The molecule has 1 amide bonds. The second kappa shape index (κ2) is 11.6. The molecule has 1 aliphatic rings. The van der Waals surface area contributed by atoms with E-state index < -0.39 is 5.91 Å². The number of rotatable bonds is 8. The summed E-state index contributed by atoms with van der Waals surface area (Å²) in [5.74, 6) is -0.424. The Morgan fingerprint density at radius 2 is 1.38 bits per heavy atom. The monoisotopic (exact) mass is 488 g/mol. The lowest BCUT2D eigenvalue weighted by atomic mass is 10.0. The third-order valence-corrected chi connectivity index (χ3v) is 6.81. The molecular weight excluding hydrogens is 456 g/mol. The molecule has 1 saturated heterocycles. The minimum Gasteiger partial charge on any atom is -0.380 e. The Labute approximate surface area is 218 Å². The fourth-order valence-electron chi connectivity index (χ4n) is 4.72. The van der Waals surface area contributed by atoms with Gasteiger partial charge in [-0.1, -0.05) is 72.8 Å². The zero-order valence-electron chi connectivity index (χ0n) is 20.9. The average Bonchev–Trinajstić information content (AvgIpc) is 2.97. The highest BCUT2D eigenvalue weighted by molar-refractivity contribution is 6.48. The zero-order valence-corrected chi connectivity index (χ0v) is 20.9. The van der Waals surface area contributed by atoms with Crippen molar-refractivity contribution in [1.29, 1.82) is 5.41 Å². The van der Waals surface area contributed by atoms with Gasteiger partial charge in [0.2, 0.25) is 0 Å². The molecule has 1 aliphatic heterocycles. The van der Waals surface area contributed by atoms with Gasteiger partial charge >= 0.3 is 0 Å². The number of para-hydroxylation sites is 1. The lowest BCUT2D eigenvalue weighted by Crippen LogP contribution is -2.29. The maximum absolute atomic E-state index is 12.9. The fraction of sp³-hybridized carbons (Fsp3) is 0.188. The topological polar surface area (TPSA) is 68.2 Å². The van der Waals surface area contributed by atoms with Crippen LogP contribution in [0.1, 0.15) is 30.4 Å². The molecular formula is C32H32N4O. The summed E-state index contributed by atoms with van der Waals surface area (Å²) in [5, 5.41) is 14.9. The third kappa shape index (κ3) is 6.07. The summed E-state index contributed by atoms with van der Waals surface area (Å²) in [5.41, 5.74) is 6.63. The van der Waals surface area contributed by atoms with Crippen molar-refractivity contribution >= 4 is 28.7 Å². The first-order chi connectivity index (χ1) is 18.2. The first-order valence-corrected chi connectivity index (χ1v) is 12.9. The van der Waals surface area contributed by atoms with E-state index in [9.17, 15) is 4.79 Å². The minimum atomic E-state index is -0.424. The SMILES string of the molecule is N=C(C(=O)Nc1ccc(N2CCCCC2)cc1)c1ccccc1NCc1ccc(-c2ccccc2)cc1. The molecule has 0 aliphatic carbocycles. The maximum Gasteiger partial charge on any atom is 0.274 e. The van der Waals surface area contributed by atoms with Crippen molar-refractivity contribution in [2.75, 3.05) is 28.6 Å². The molecule has 1 heterocycles. The molecule has 0 spiro atoms. The third-order valence-electron chi connectivity index (χ3n) is 6.81. The predicted molar refractivity (Wildman–Crippen MR) is 154 cm³/mol. The molecule has 5 nitrogen and oxygen atoms in total. The second-order valence-corrected chi connectivity index (χ2v) is 9.39. The van der Waals surface area contributed by atoms with Gasteiger partial charge in [-0.05, 0) is 66.3 Å². The highest BCUT2D eigenvalue weighted by atomic mass is 16.1.